The Morgan fingerprint density at radius 1 is 1.28 bits per heavy atom. The number of nitrogens with zero attached hydrogens (tertiary/aromatic N) is 4. The summed E-state index contributed by atoms with van der Waals surface area (Å²) in [5.41, 5.74) is 3.12. The molecule has 1 aliphatic rings. The Morgan fingerprint density at radius 3 is 2.52 bits per heavy atom. The smallest absolute Gasteiger partial charge is 0.253 e. The number of anilines is 1. The topological polar surface area (TPSA) is 66.4 Å². The van der Waals surface area contributed by atoms with Gasteiger partial charge in [0.25, 0.3) is 5.91 Å². The molecule has 6 nitrogen and oxygen atoms in total. The molecule has 1 aromatic heterocycles. The zero-order chi connectivity index (χ0) is 17.8. The number of carbonyl (C=O) groups excluding carboxylic acids is 2. The van der Waals surface area contributed by atoms with E-state index in [0.717, 1.165) is 36.6 Å². The van der Waals surface area contributed by atoms with Gasteiger partial charge in [-0.1, -0.05) is 6.58 Å². The highest BCUT2D eigenvalue weighted by Gasteiger charge is 2.26. The fourth-order valence-electron chi connectivity index (χ4n) is 2.96. The first kappa shape index (κ1) is 17.3. The van der Waals surface area contributed by atoms with Crippen molar-refractivity contribution in [2.45, 2.75) is 18.8 Å². The van der Waals surface area contributed by atoms with E-state index in [9.17, 15) is 9.59 Å². The average molecular weight is 356 g/mol. The molecule has 0 aliphatic carbocycles. The third kappa shape index (κ3) is 3.76. The van der Waals surface area contributed by atoms with Crippen molar-refractivity contribution < 1.29 is 9.59 Å². The standard InChI is InChI=1S/C18H20N4O2S/c1-3-16(23)21(2)15-6-4-14(5-7-15)18(24)22-10-8-13(9-11-22)17-20-19-12-25-17/h3-7,12-13H,1,8-11H2,2H3. The molecule has 1 saturated heterocycles. The largest absolute Gasteiger partial charge is 0.339 e. The molecule has 3 rings (SSSR count). The normalized spacial score (nSPS) is 15.0. The van der Waals surface area contributed by atoms with Gasteiger partial charge in [-0.15, -0.1) is 21.5 Å². The SMILES string of the molecule is C=CC(=O)N(C)c1ccc(C(=O)N2CCC(c3nncs3)CC2)cc1. The monoisotopic (exact) mass is 356 g/mol. The van der Waals surface area contributed by atoms with Gasteiger partial charge in [-0.05, 0) is 43.2 Å². The minimum absolute atomic E-state index is 0.0277. The van der Waals surface area contributed by atoms with Crippen LogP contribution < -0.4 is 4.90 Å². The summed E-state index contributed by atoms with van der Waals surface area (Å²) in [4.78, 5) is 27.7. The molecule has 0 unspecified atom stereocenters. The van der Waals surface area contributed by atoms with E-state index in [2.05, 4.69) is 16.8 Å². The third-order valence-electron chi connectivity index (χ3n) is 4.52. The minimum Gasteiger partial charge on any atom is -0.339 e. The maximum absolute atomic E-state index is 12.7. The summed E-state index contributed by atoms with van der Waals surface area (Å²) < 4.78 is 0. The first-order valence-electron chi connectivity index (χ1n) is 8.15. The van der Waals surface area contributed by atoms with Crippen molar-refractivity contribution in [1.29, 1.82) is 0 Å². The van der Waals surface area contributed by atoms with Crippen LogP contribution in [0.2, 0.25) is 0 Å². The lowest BCUT2D eigenvalue weighted by atomic mass is 9.97. The van der Waals surface area contributed by atoms with E-state index in [0.29, 0.717) is 11.5 Å². The Bertz CT molecular complexity index is 750. The molecular formula is C18H20N4O2S. The van der Waals surface area contributed by atoms with E-state index in [4.69, 9.17) is 0 Å². The van der Waals surface area contributed by atoms with Gasteiger partial charge in [0.2, 0.25) is 5.91 Å². The molecule has 1 aromatic carbocycles. The number of carbonyl (C=O) groups is 2. The van der Waals surface area contributed by atoms with Gasteiger partial charge >= 0.3 is 0 Å². The van der Waals surface area contributed by atoms with E-state index in [1.54, 1.807) is 48.2 Å². The second kappa shape index (κ2) is 7.57. The number of benzene rings is 1. The first-order valence-corrected chi connectivity index (χ1v) is 9.03. The van der Waals surface area contributed by atoms with Crippen LogP contribution in [0.25, 0.3) is 0 Å². The van der Waals surface area contributed by atoms with Crippen molar-refractivity contribution >= 4 is 28.8 Å². The van der Waals surface area contributed by atoms with Crippen molar-refractivity contribution in [1.82, 2.24) is 15.1 Å². The van der Waals surface area contributed by atoms with E-state index >= 15 is 0 Å². The van der Waals surface area contributed by atoms with Crippen LogP contribution in [0.3, 0.4) is 0 Å². The number of likely N-dealkylation sites (tertiary alicyclic amines) is 1. The van der Waals surface area contributed by atoms with Crippen LogP contribution in [0.4, 0.5) is 5.69 Å². The molecule has 0 saturated carbocycles. The van der Waals surface area contributed by atoms with E-state index in [1.165, 1.54) is 11.0 Å². The highest BCUT2D eigenvalue weighted by molar-refractivity contribution is 7.09. The number of likely N-dealkylation sites (N-methyl/N-ethyl adjacent to an activating group) is 1. The van der Waals surface area contributed by atoms with E-state index in [-0.39, 0.29) is 11.8 Å². The lowest BCUT2D eigenvalue weighted by Crippen LogP contribution is -2.37. The van der Waals surface area contributed by atoms with E-state index in [1.807, 2.05) is 4.90 Å². The number of amides is 2. The summed E-state index contributed by atoms with van der Waals surface area (Å²) in [7, 11) is 1.68. The van der Waals surface area contributed by atoms with Crippen molar-refractivity contribution in [3.8, 4) is 0 Å². The maximum atomic E-state index is 12.7. The van der Waals surface area contributed by atoms with Crippen LogP contribution >= 0.6 is 11.3 Å². The summed E-state index contributed by atoms with van der Waals surface area (Å²) >= 11 is 1.58. The molecule has 2 aromatic rings. The quantitative estimate of drug-likeness (QED) is 0.790. The zero-order valence-corrected chi connectivity index (χ0v) is 14.9. The van der Waals surface area contributed by atoms with Crippen LogP contribution in [-0.2, 0) is 4.79 Å². The predicted octanol–water partition coefficient (Wildman–Crippen LogP) is 2.71. The Morgan fingerprint density at radius 2 is 1.96 bits per heavy atom. The molecule has 1 aliphatic heterocycles. The summed E-state index contributed by atoms with van der Waals surface area (Å²) in [6.07, 6.45) is 3.09. The highest BCUT2D eigenvalue weighted by atomic mass is 32.1. The molecule has 1 fully saturated rings. The summed E-state index contributed by atoms with van der Waals surface area (Å²) in [6, 6.07) is 7.09. The first-order chi connectivity index (χ1) is 12.1. The predicted molar refractivity (Wildman–Crippen MR) is 97.8 cm³/mol. The van der Waals surface area contributed by atoms with Crippen LogP contribution in [0.5, 0.6) is 0 Å². The van der Waals surface area contributed by atoms with Crippen LogP contribution in [0, 0.1) is 0 Å². The van der Waals surface area contributed by atoms with Gasteiger partial charge in [0.1, 0.15) is 10.5 Å². The van der Waals surface area contributed by atoms with Gasteiger partial charge in [0.15, 0.2) is 0 Å². The molecule has 25 heavy (non-hydrogen) atoms. The molecule has 7 heteroatoms. The molecule has 0 spiro atoms. The van der Waals surface area contributed by atoms with Gasteiger partial charge in [-0.3, -0.25) is 9.59 Å². The van der Waals surface area contributed by atoms with Crippen molar-refractivity contribution in [3.63, 3.8) is 0 Å². The Kier molecular flexibility index (Phi) is 5.23. The van der Waals surface area contributed by atoms with Crippen molar-refractivity contribution in [2.75, 3.05) is 25.0 Å². The lowest BCUT2D eigenvalue weighted by Gasteiger charge is -2.31. The van der Waals surface area contributed by atoms with Crippen LogP contribution in [0.15, 0.2) is 42.4 Å². The van der Waals surface area contributed by atoms with Crippen molar-refractivity contribution in [3.05, 3.63) is 53.0 Å². The molecule has 0 radical (unpaired) electrons. The lowest BCUT2D eigenvalue weighted by molar-refractivity contribution is -0.113. The van der Waals surface area contributed by atoms with Crippen molar-refractivity contribution in [2.24, 2.45) is 0 Å². The second-order valence-corrected chi connectivity index (χ2v) is 6.86. The van der Waals surface area contributed by atoms with Crippen LogP contribution in [0.1, 0.15) is 34.1 Å². The molecule has 0 atom stereocenters. The average Bonchev–Trinajstić information content (AvgIpc) is 3.21. The molecule has 0 bridgehead atoms. The summed E-state index contributed by atoms with van der Waals surface area (Å²) in [5, 5.41) is 9.10. The Labute approximate surface area is 150 Å². The fraction of sp³-hybridized carbons (Fsp3) is 0.333. The number of hydrogen-bond donors (Lipinski definition) is 0. The van der Waals surface area contributed by atoms with Gasteiger partial charge in [0, 0.05) is 37.3 Å². The van der Waals surface area contributed by atoms with Gasteiger partial charge in [-0.2, -0.15) is 0 Å². The molecule has 2 amide bonds. The third-order valence-corrected chi connectivity index (χ3v) is 5.37. The van der Waals surface area contributed by atoms with Gasteiger partial charge in [0.05, 0.1) is 0 Å². The number of aromatic nitrogens is 2. The fourth-order valence-corrected chi connectivity index (χ4v) is 3.69. The number of rotatable bonds is 4. The second-order valence-electron chi connectivity index (χ2n) is 5.99. The molecule has 0 N–H and O–H groups in total. The van der Waals surface area contributed by atoms with E-state index < -0.39 is 0 Å². The molecular weight excluding hydrogens is 336 g/mol. The molecule has 2 heterocycles. The number of piperidine rings is 1. The number of hydrogen-bond acceptors (Lipinski definition) is 5. The van der Waals surface area contributed by atoms with Gasteiger partial charge < -0.3 is 9.80 Å². The maximum Gasteiger partial charge on any atom is 0.253 e. The summed E-state index contributed by atoms with van der Waals surface area (Å²) in [5.74, 6) is 0.246. The Balaban J connectivity index is 1.62. The zero-order valence-electron chi connectivity index (χ0n) is 14.1. The highest BCUT2D eigenvalue weighted by Crippen LogP contribution is 2.29. The molecule has 130 valence electrons. The minimum atomic E-state index is -0.183. The van der Waals surface area contributed by atoms with Gasteiger partial charge in [-0.25, -0.2) is 0 Å². The Hall–Kier alpha value is -2.54. The van der Waals surface area contributed by atoms with Crippen LogP contribution in [-0.4, -0.2) is 47.0 Å². The summed E-state index contributed by atoms with van der Waals surface area (Å²) in [6.45, 7) is 4.92.